The minimum atomic E-state index is -2.61. The van der Waals surface area contributed by atoms with Crippen molar-refractivity contribution < 1.29 is 22.7 Å². The first-order valence-electron chi connectivity index (χ1n) is 11.7. The molecule has 13 heteroatoms. The van der Waals surface area contributed by atoms with E-state index in [4.69, 9.17) is 9.26 Å². The summed E-state index contributed by atoms with van der Waals surface area (Å²) in [6.45, 7) is 6.43. The number of fused-ring (bicyclic) bond motifs is 1. The molecule has 194 valence electrons. The average Bonchev–Trinajstić information content (AvgIpc) is 3.45. The molecule has 1 amide bonds. The summed E-state index contributed by atoms with van der Waals surface area (Å²) in [5.74, 6) is 0.735. The SMILES string of the molecule is Cc1cc([C@@H](C)Oc2cc(F)ccc2Nc2ncnn3cc(C(=O)N=S4(=O)CCNCC4)c(C)c23)on1. The normalized spacial score (nSPS) is 15.9. The van der Waals surface area contributed by atoms with Gasteiger partial charge in [0.15, 0.2) is 17.7 Å². The van der Waals surface area contributed by atoms with Crippen molar-refractivity contribution >= 4 is 32.7 Å². The van der Waals surface area contributed by atoms with E-state index in [1.165, 1.54) is 29.0 Å². The topological polar surface area (TPSA) is 136 Å². The predicted octanol–water partition coefficient (Wildman–Crippen LogP) is 3.57. The number of aryl methyl sites for hydroxylation is 2. The van der Waals surface area contributed by atoms with Gasteiger partial charge in [0.05, 0.1) is 26.7 Å². The number of hydrogen-bond acceptors (Lipinski definition) is 9. The lowest BCUT2D eigenvalue weighted by Crippen LogP contribution is -2.36. The lowest BCUT2D eigenvalue weighted by Gasteiger charge is -2.17. The van der Waals surface area contributed by atoms with Gasteiger partial charge in [-0.2, -0.15) is 9.46 Å². The van der Waals surface area contributed by atoms with Crippen LogP contribution in [0.1, 0.15) is 40.4 Å². The van der Waals surface area contributed by atoms with E-state index in [2.05, 4.69) is 30.2 Å². The van der Waals surface area contributed by atoms with Gasteiger partial charge < -0.3 is 19.9 Å². The van der Waals surface area contributed by atoms with Crippen molar-refractivity contribution in [1.29, 1.82) is 0 Å². The Balaban J connectivity index is 1.48. The highest BCUT2D eigenvalue weighted by Gasteiger charge is 2.22. The van der Waals surface area contributed by atoms with Gasteiger partial charge in [0.25, 0.3) is 5.91 Å². The van der Waals surface area contributed by atoms with Crippen LogP contribution in [0.4, 0.5) is 15.9 Å². The molecule has 1 saturated heterocycles. The Morgan fingerprint density at radius 1 is 1.30 bits per heavy atom. The van der Waals surface area contributed by atoms with Crippen LogP contribution in [0.15, 0.2) is 45.7 Å². The van der Waals surface area contributed by atoms with E-state index in [0.29, 0.717) is 58.6 Å². The van der Waals surface area contributed by atoms with Crippen LogP contribution in [0.5, 0.6) is 5.75 Å². The number of rotatable bonds is 6. The highest BCUT2D eigenvalue weighted by atomic mass is 32.2. The number of aromatic nitrogens is 4. The minimum absolute atomic E-state index is 0.233. The van der Waals surface area contributed by atoms with Crippen molar-refractivity contribution in [2.24, 2.45) is 4.36 Å². The molecular weight excluding hydrogens is 501 g/mol. The lowest BCUT2D eigenvalue weighted by molar-refractivity contribution is 0.100. The van der Waals surface area contributed by atoms with E-state index >= 15 is 0 Å². The number of benzene rings is 1. The molecule has 0 aliphatic carbocycles. The van der Waals surface area contributed by atoms with Crippen LogP contribution in [0, 0.1) is 19.7 Å². The molecule has 0 spiro atoms. The molecular formula is C24H26FN7O4S. The van der Waals surface area contributed by atoms with Gasteiger partial charge in [-0.1, -0.05) is 5.16 Å². The Morgan fingerprint density at radius 3 is 2.81 bits per heavy atom. The van der Waals surface area contributed by atoms with Crippen LogP contribution in [-0.4, -0.2) is 54.5 Å². The van der Waals surface area contributed by atoms with Crippen molar-refractivity contribution in [3.63, 3.8) is 0 Å². The second-order valence-corrected chi connectivity index (χ2v) is 11.3. The summed E-state index contributed by atoms with van der Waals surface area (Å²) in [6, 6.07) is 5.83. The molecule has 1 aliphatic rings. The fourth-order valence-corrected chi connectivity index (χ4v) is 5.81. The van der Waals surface area contributed by atoms with Crippen LogP contribution in [0.3, 0.4) is 0 Å². The molecule has 11 nitrogen and oxygen atoms in total. The smallest absolute Gasteiger partial charge is 0.287 e. The second kappa shape index (κ2) is 9.90. The Kier molecular flexibility index (Phi) is 6.65. The maximum atomic E-state index is 14.1. The Hall–Kier alpha value is -3.84. The maximum absolute atomic E-state index is 14.1. The van der Waals surface area contributed by atoms with Crippen molar-refractivity contribution in [3.8, 4) is 5.75 Å². The highest BCUT2D eigenvalue weighted by molar-refractivity contribution is 7.94. The van der Waals surface area contributed by atoms with E-state index < -0.39 is 27.6 Å². The summed E-state index contributed by atoms with van der Waals surface area (Å²) < 4.78 is 43.9. The van der Waals surface area contributed by atoms with Crippen molar-refractivity contribution in [3.05, 3.63) is 65.2 Å². The summed E-state index contributed by atoms with van der Waals surface area (Å²) in [5.41, 5.74) is 2.53. The number of nitrogens with one attached hydrogen (secondary N) is 2. The molecule has 4 aromatic rings. The molecule has 0 bridgehead atoms. The van der Waals surface area contributed by atoms with Crippen LogP contribution in [0.25, 0.3) is 5.52 Å². The van der Waals surface area contributed by atoms with Gasteiger partial charge in [-0.25, -0.2) is 18.1 Å². The summed E-state index contributed by atoms with van der Waals surface area (Å²) >= 11 is 0. The van der Waals surface area contributed by atoms with E-state index in [0.717, 1.165) is 0 Å². The first kappa shape index (κ1) is 24.8. The molecule has 1 atom stereocenters. The summed E-state index contributed by atoms with van der Waals surface area (Å²) in [6.07, 6.45) is 2.34. The molecule has 1 fully saturated rings. The fourth-order valence-electron chi connectivity index (χ4n) is 4.10. The first-order chi connectivity index (χ1) is 17.7. The van der Waals surface area contributed by atoms with Crippen molar-refractivity contribution in [1.82, 2.24) is 25.1 Å². The molecule has 0 saturated carbocycles. The lowest BCUT2D eigenvalue weighted by atomic mass is 10.2. The van der Waals surface area contributed by atoms with E-state index in [1.807, 2.05) is 0 Å². The standard InChI is InChI=1S/C24H26FN7O4S/c1-14-10-20(36-30-14)16(3)35-21-11-17(25)4-5-19(21)29-23-22-15(2)18(12-32(22)28-13-27-23)24(33)31-37(34)8-6-26-7-9-37/h4-5,10-13,16,26H,6-9H2,1-3H3,(H,27,28,29)/t16-/m1/s1. The Labute approximate surface area is 212 Å². The zero-order chi connectivity index (χ0) is 26.2. The number of carbonyl (C=O) groups excluding carboxylic acids is 1. The van der Waals surface area contributed by atoms with Gasteiger partial charge in [-0.15, -0.1) is 0 Å². The van der Waals surface area contributed by atoms with E-state index in [1.54, 1.807) is 33.0 Å². The average molecular weight is 528 g/mol. The van der Waals surface area contributed by atoms with Gasteiger partial charge in [-0.3, -0.25) is 4.79 Å². The quantitative estimate of drug-likeness (QED) is 0.386. The molecule has 0 unspecified atom stereocenters. The van der Waals surface area contributed by atoms with Gasteiger partial charge in [0.2, 0.25) is 0 Å². The van der Waals surface area contributed by atoms with Gasteiger partial charge >= 0.3 is 0 Å². The number of amides is 1. The molecule has 0 radical (unpaired) electrons. The van der Waals surface area contributed by atoms with Gasteiger partial charge in [-0.05, 0) is 38.5 Å². The monoisotopic (exact) mass is 527 g/mol. The summed E-state index contributed by atoms with van der Waals surface area (Å²) in [4.78, 5) is 17.3. The molecule has 3 aromatic heterocycles. The molecule has 4 heterocycles. The molecule has 1 aliphatic heterocycles. The molecule has 1 aromatic carbocycles. The first-order valence-corrected chi connectivity index (χ1v) is 13.5. The number of anilines is 2. The Bertz CT molecular complexity index is 1590. The molecule has 37 heavy (non-hydrogen) atoms. The molecule has 2 N–H and O–H groups in total. The van der Waals surface area contributed by atoms with Gasteiger partial charge in [0.1, 0.15) is 23.4 Å². The third kappa shape index (κ3) is 5.18. The highest BCUT2D eigenvalue weighted by Crippen LogP contribution is 2.34. The third-order valence-electron chi connectivity index (χ3n) is 6.05. The maximum Gasteiger partial charge on any atom is 0.287 e. The van der Waals surface area contributed by atoms with Crippen LogP contribution in [0.2, 0.25) is 0 Å². The predicted molar refractivity (Wildman–Crippen MR) is 135 cm³/mol. The summed E-state index contributed by atoms with van der Waals surface area (Å²) in [5, 5.41) is 14.4. The zero-order valence-corrected chi connectivity index (χ0v) is 21.3. The minimum Gasteiger partial charge on any atom is -0.480 e. The third-order valence-corrected chi connectivity index (χ3v) is 8.23. The Morgan fingerprint density at radius 2 is 2.08 bits per heavy atom. The zero-order valence-electron chi connectivity index (χ0n) is 20.5. The van der Waals surface area contributed by atoms with Crippen molar-refractivity contribution in [2.45, 2.75) is 26.9 Å². The number of carbonyl (C=O) groups is 1. The van der Waals surface area contributed by atoms with Crippen LogP contribution < -0.4 is 15.4 Å². The number of nitrogens with zero attached hydrogens (tertiary/aromatic N) is 5. The summed E-state index contributed by atoms with van der Waals surface area (Å²) in [7, 11) is -2.61. The second-order valence-electron chi connectivity index (χ2n) is 8.79. The van der Waals surface area contributed by atoms with Crippen molar-refractivity contribution in [2.75, 3.05) is 29.9 Å². The van der Waals surface area contributed by atoms with E-state index in [-0.39, 0.29) is 11.3 Å². The number of halogens is 1. The van der Waals surface area contributed by atoms with Crippen LogP contribution in [-0.2, 0) is 9.73 Å². The fraction of sp³-hybridized carbons (Fsp3) is 0.333. The van der Waals surface area contributed by atoms with Crippen LogP contribution >= 0.6 is 0 Å². The van der Waals surface area contributed by atoms with Gasteiger partial charge in [0, 0.05) is 42.9 Å². The molecule has 5 rings (SSSR count). The largest absolute Gasteiger partial charge is 0.480 e. The van der Waals surface area contributed by atoms with E-state index in [9.17, 15) is 13.4 Å². The number of hydrogen-bond donors (Lipinski definition) is 2. The number of ether oxygens (including phenoxy) is 1.